The van der Waals surface area contributed by atoms with Crippen molar-refractivity contribution >= 4 is 47.5 Å². The van der Waals surface area contributed by atoms with Crippen LogP contribution in [0.5, 0.6) is 0 Å². The molecule has 0 aliphatic carbocycles. The Morgan fingerprint density at radius 2 is 1.85 bits per heavy atom. The summed E-state index contributed by atoms with van der Waals surface area (Å²) in [6.07, 6.45) is 0.336. The summed E-state index contributed by atoms with van der Waals surface area (Å²) in [4.78, 5) is 34.6. The summed E-state index contributed by atoms with van der Waals surface area (Å²) in [7, 11) is 0. The summed E-state index contributed by atoms with van der Waals surface area (Å²) in [5.74, 6) is -2.43. The van der Waals surface area contributed by atoms with Crippen LogP contribution >= 0.6 is 0 Å². The zero-order chi connectivity index (χ0) is 18.8. The van der Waals surface area contributed by atoms with E-state index in [1.165, 1.54) is 6.92 Å². The van der Waals surface area contributed by atoms with Crippen LogP contribution in [0.2, 0.25) is 0 Å². The Morgan fingerprint density at radius 1 is 1.23 bits per heavy atom. The van der Waals surface area contributed by atoms with Crippen LogP contribution in [0.15, 0.2) is 42.1 Å². The van der Waals surface area contributed by atoms with Gasteiger partial charge in [0.05, 0.1) is 6.61 Å². The van der Waals surface area contributed by atoms with Gasteiger partial charge in [-0.25, -0.2) is 14.4 Å². The fourth-order valence-corrected chi connectivity index (χ4v) is 2.06. The van der Waals surface area contributed by atoms with Crippen molar-refractivity contribution in [1.29, 1.82) is 0 Å². The molecule has 0 saturated carbocycles. The average molecular weight is 373 g/mol. The van der Waals surface area contributed by atoms with E-state index < -0.39 is 30.1 Å². The third-order valence-corrected chi connectivity index (χ3v) is 3.23. The number of nitrogens with one attached hydrogen (secondary N) is 1. The molecule has 1 unspecified atom stereocenters. The van der Waals surface area contributed by atoms with E-state index in [0.29, 0.717) is 5.70 Å². The first-order valence-electron chi connectivity index (χ1n) is 7.92. The van der Waals surface area contributed by atoms with Crippen molar-refractivity contribution in [3.05, 3.63) is 47.7 Å². The zero-order valence-corrected chi connectivity index (χ0v) is 14.5. The van der Waals surface area contributed by atoms with Crippen molar-refractivity contribution in [2.24, 2.45) is 0 Å². The van der Waals surface area contributed by atoms with Gasteiger partial charge in [-0.3, -0.25) is 0 Å². The number of hydrogen-bond donors (Lipinski definition) is 2. The van der Waals surface area contributed by atoms with E-state index in [-0.39, 0.29) is 42.6 Å². The number of carbonyl (C=O) groups excluding carboxylic acids is 2. The molecular weight excluding hydrogens is 349 g/mol. The number of esters is 2. The number of rotatable bonds is 9. The second kappa shape index (κ2) is 12.5. The van der Waals surface area contributed by atoms with Gasteiger partial charge < -0.3 is 19.9 Å². The van der Waals surface area contributed by atoms with Gasteiger partial charge in [-0.15, -0.1) is 0 Å². The number of aliphatic carboxylic acids is 1. The van der Waals surface area contributed by atoms with Crippen LogP contribution in [0.4, 0.5) is 0 Å². The van der Waals surface area contributed by atoms with Gasteiger partial charge in [0.25, 0.3) is 0 Å². The molecule has 0 amide bonds. The Morgan fingerprint density at radius 3 is 2.38 bits per heavy atom. The Balaban J connectivity index is 0.00000625. The van der Waals surface area contributed by atoms with Crippen molar-refractivity contribution in [2.75, 3.05) is 6.61 Å². The number of allylic oxidation sites excluding steroid dienone is 1. The van der Waals surface area contributed by atoms with Gasteiger partial charge in [0, 0.05) is 18.2 Å². The van der Waals surface area contributed by atoms with E-state index >= 15 is 0 Å². The van der Waals surface area contributed by atoms with E-state index in [1.807, 2.05) is 30.3 Å². The van der Waals surface area contributed by atoms with Crippen LogP contribution in [0.3, 0.4) is 0 Å². The molecule has 0 heterocycles. The summed E-state index contributed by atoms with van der Waals surface area (Å²) in [6.45, 7) is 4.80. The number of hydrogen-bond acceptors (Lipinski definition) is 6. The number of carboxylic acid groups (broad SMARTS) is 1. The summed E-state index contributed by atoms with van der Waals surface area (Å²) >= 11 is 0. The Labute approximate surface area is 175 Å². The third-order valence-electron chi connectivity index (χ3n) is 3.23. The van der Waals surface area contributed by atoms with Gasteiger partial charge in [0.15, 0.2) is 6.10 Å². The summed E-state index contributed by atoms with van der Waals surface area (Å²) in [5, 5.41) is 12.1. The molecule has 26 heavy (non-hydrogen) atoms. The summed E-state index contributed by atoms with van der Waals surface area (Å²) in [5.41, 5.74) is 1.18. The second-order valence-electron chi connectivity index (χ2n) is 5.38. The average Bonchev–Trinajstić information content (AvgIpc) is 2.55. The minimum absolute atomic E-state index is 0. The molecule has 0 aliphatic heterocycles. The molecule has 138 valence electrons. The van der Waals surface area contributed by atoms with Gasteiger partial charge in [-0.05, 0) is 26.3 Å². The Bertz CT molecular complexity index is 632. The standard InChI is InChI=1S/C18H23NO6.Na.H/c1-4-24-18(23)13(3)25-16(20)10-12(2)19-15(17(21)22)11-14-8-6-5-7-9-14;;/h5-10,13,15,19H,4,11H2,1-3H3,(H,21,22);;/b12-10+;;/t13?,15-;;/m0../s1. The van der Waals surface area contributed by atoms with E-state index in [9.17, 15) is 19.5 Å². The monoisotopic (exact) mass is 373 g/mol. The molecule has 0 bridgehead atoms. The number of carbonyl (C=O) groups is 3. The minimum atomic E-state index is -1.04. The van der Waals surface area contributed by atoms with Crippen molar-refractivity contribution in [1.82, 2.24) is 5.32 Å². The van der Waals surface area contributed by atoms with Crippen molar-refractivity contribution in [3.8, 4) is 0 Å². The SMILES string of the molecule is CCOC(=O)C(C)OC(=O)/C=C(\C)N[C@@H](Cc1ccccc1)C(=O)O.[NaH]. The van der Waals surface area contributed by atoms with E-state index in [0.717, 1.165) is 11.6 Å². The maximum absolute atomic E-state index is 11.8. The van der Waals surface area contributed by atoms with Crippen LogP contribution in [0, 0.1) is 0 Å². The van der Waals surface area contributed by atoms with Gasteiger partial charge in [-0.1, -0.05) is 30.3 Å². The first kappa shape index (κ1) is 24.2. The van der Waals surface area contributed by atoms with E-state index in [2.05, 4.69) is 5.32 Å². The normalized spacial score (nSPS) is 13.0. The first-order valence-corrected chi connectivity index (χ1v) is 7.92. The molecule has 0 radical (unpaired) electrons. The predicted molar refractivity (Wildman–Crippen MR) is 97.8 cm³/mol. The van der Waals surface area contributed by atoms with Crippen LogP contribution in [-0.2, 0) is 30.3 Å². The molecule has 2 N–H and O–H groups in total. The van der Waals surface area contributed by atoms with Crippen molar-refractivity contribution in [3.63, 3.8) is 0 Å². The fourth-order valence-electron chi connectivity index (χ4n) is 2.06. The molecule has 2 atom stereocenters. The van der Waals surface area contributed by atoms with E-state index in [1.54, 1.807) is 13.8 Å². The molecule has 7 nitrogen and oxygen atoms in total. The number of carboxylic acids is 1. The topological polar surface area (TPSA) is 102 Å². The molecule has 0 fully saturated rings. The molecule has 0 aliphatic rings. The molecule has 1 rings (SSSR count). The van der Waals surface area contributed by atoms with Gasteiger partial charge in [-0.2, -0.15) is 0 Å². The summed E-state index contributed by atoms with van der Waals surface area (Å²) in [6, 6.07) is 8.25. The van der Waals surface area contributed by atoms with E-state index in [4.69, 9.17) is 9.47 Å². The Kier molecular flexibility index (Phi) is 11.6. The molecule has 0 aromatic heterocycles. The van der Waals surface area contributed by atoms with Crippen LogP contribution in [0.25, 0.3) is 0 Å². The first-order chi connectivity index (χ1) is 11.8. The summed E-state index contributed by atoms with van der Waals surface area (Å²) < 4.78 is 9.66. The number of benzene rings is 1. The van der Waals surface area contributed by atoms with Crippen LogP contribution in [0.1, 0.15) is 26.3 Å². The molecule has 0 saturated heterocycles. The van der Waals surface area contributed by atoms with Gasteiger partial charge in [0.1, 0.15) is 6.04 Å². The molecule has 1 aromatic rings. The fraction of sp³-hybridized carbons (Fsp3) is 0.389. The van der Waals surface area contributed by atoms with Gasteiger partial charge >= 0.3 is 47.5 Å². The van der Waals surface area contributed by atoms with Crippen molar-refractivity contribution in [2.45, 2.75) is 39.3 Å². The third kappa shape index (κ3) is 9.03. The molecule has 0 spiro atoms. The maximum atomic E-state index is 11.8. The zero-order valence-electron chi connectivity index (χ0n) is 14.5. The van der Waals surface area contributed by atoms with Crippen LogP contribution < -0.4 is 5.32 Å². The molecule has 1 aromatic carbocycles. The quantitative estimate of drug-likeness (QED) is 0.379. The predicted octanol–water partition coefficient (Wildman–Crippen LogP) is 1.02. The van der Waals surface area contributed by atoms with Crippen LogP contribution in [-0.4, -0.2) is 71.3 Å². The van der Waals surface area contributed by atoms with Crippen molar-refractivity contribution < 1.29 is 29.0 Å². The molecule has 8 heteroatoms. The second-order valence-corrected chi connectivity index (χ2v) is 5.38. The van der Waals surface area contributed by atoms with Gasteiger partial charge in [0.2, 0.25) is 0 Å². The Hall–Kier alpha value is -1.83. The molecular formula is C18H24NNaO6. The number of ether oxygens (including phenoxy) is 2.